The molecule has 0 spiro atoms. The predicted octanol–water partition coefficient (Wildman–Crippen LogP) is 2.25. The van der Waals surface area contributed by atoms with Gasteiger partial charge in [-0.05, 0) is 18.1 Å². The molecule has 0 unspecified atom stereocenters. The van der Waals surface area contributed by atoms with E-state index in [2.05, 4.69) is 6.92 Å². The molecule has 0 radical (unpaired) electrons. The molecule has 2 N–H and O–H groups in total. The molecule has 14 heavy (non-hydrogen) atoms. The first-order valence-corrected chi connectivity index (χ1v) is 5.11. The van der Waals surface area contributed by atoms with Crippen LogP contribution in [0.15, 0.2) is 24.3 Å². The van der Waals surface area contributed by atoms with E-state index in [4.69, 9.17) is 22.7 Å². The summed E-state index contributed by atoms with van der Waals surface area (Å²) in [5.74, 6) is 0. The van der Waals surface area contributed by atoms with Crippen LogP contribution in [0.4, 0.5) is 0 Å². The number of hydrogen-bond donors (Lipinski definition) is 1. The molecule has 2 nitrogen and oxygen atoms in total. The lowest BCUT2D eigenvalue weighted by Crippen LogP contribution is -2.09. The Morgan fingerprint density at radius 2 is 2.29 bits per heavy atom. The second-order valence-electron chi connectivity index (χ2n) is 3.12. The summed E-state index contributed by atoms with van der Waals surface area (Å²) >= 11 is 4.89. The Hall–Kier alpha value is -0.930. The molecule has 0 atom stereocenters. The Labute approximate surface area is 90.1 Å². The Kier molecular flexibility index (Phi) is 4.56. The molecule has 0 aliphatic carbocycles. The third kappa shape index (κ3) is 3.44. The van der Waals surface area contributed by atoms with Crippen molar-refractivity contribution in [2.24, 2.45) is 5.73 Å². The van der Waals surface area contributed by atoms with Crippen molar-refractivity contribution in [3.8, 4) is 0 Å². The average Bonchev–Trinajstić information content (AvgIpc) is 2.19. The molecule has 0 amide bonds. The second kappa shape index (κ2) is 5.73. The van der Waals surface area contributed by atoms with Crippen molar-refractivity contribution in [3.63, 3.8) is 0 Å². The molecule has 76 valence electrons. The average molecular weight is 209 g/mol. The molecular formula is C11H15NOS. The van der Waals surface area contributed by atoms with E-state index in [0.717, 1.165) is 24.2 Å². The number of nitrogens with two attached hydrogens (primary N) is 1. The lowest BCUT2D eigenvalue weighted by Gasteiger charge is -2.04. The quantitative estimate of drug-likeness (QED) is 0.596. The normalized spacial score (nSPS) is 10.1. The zero-order valence-electron chi connectivity index (χ0n) is 8.32. The van der Waals surface area contributed by atoms with Crippen LogP contribution in [0.3, 0.4) is 0 Å². The van der Waals surface area contributed by atoms with E-state index in [1.54, 1.807) is 0 Å². The minimum atomic E-state index is 0.433. The molecule has 0 heterocycles. The van der Waals surface area contributed by atoms with E-state index in [-0.39, 0.29) is 0 Å². The van der Waals surface area contributed by atoms with Gasteiger partial charge in [0, 0.05) is 12.2 Å². The molecule has 1 aromatic rings. The molecule has 1 rings (SSSR count). The first-order valence-electron chi connectivity index (χ1n) is 4.70. The van der Waals surface area contributed by atoms with Gasteiger partial charge >= 0.3 is 0 Å². The molecule has 3 heteroatoms. The summed E-state index contributed by atoms with van der Waals surface area (Å²) in [6, 6.07) is 7.83. The van der Waals surface area contributed by atoms with Gasteiger partial charge in [0.25, 0.3) is 0 Å². The van der Waals surface area contributed by atoms with Gasteiger partial charge in [-0.15, -0.1) is 0 Å². The number of rotatable bonds is 5. The lowest BCUT2D eigenvalue weighted by molar-refractivity contribution is 0.121. The van der Waals surface area contributed by atoms with Crippen LogP contribution in [-0.2, 0) is 11.3 Å². The first kappa shape index (κ1) is 11.1. The first-order chi connectivity index (χ1) is 6.74. The van der Waals surface area contributed by atoms with Crippen LogP contribution in [-0.4, -0.2) is 11.6 Å². The van der Waals surface area contributed by atoms with Crippen molar-refractivity contribution < 1.29 is 4.74 Å². The van der Waals surface area contributed by atoms with Crippen molar-refractivity contribution in [2.75, 3.05) is 6.61 Å². The van der Waals surface area contributed by atoms with Gasteiger partial charge in [0.2, 0.25) is 0 Å². The van der Waals surface area contributed by atoms with Gasteiger partial charge in [0.05, 0.1) is 6.61 Å². The number of hydrogen-bond acceptors (Lipinski definition) is 2. The Bertz CT molecular complexity index is 312. The van der Waals surface area contributed by atoms with Crippen LogP contribution in [0.25, 0.3) is 0 Å². The van der Waals surface area contributed by atoms with Crippen LogP contribution in [0.5, 0.6) is 0 Å². The summed E-state index contributed by atoms with van der Waals surface area (Å²) in [7, 11) is 0. The fraction of sp³-hybridized carbons (Fsp3) is 0.364. The van der Waals surface area contributed by atoms with E-state index in [1.165, 1.54) is 0 Å². The maximum atomic E-state index is 5.53. The van der Waals surface area contributed by atoms with Crippen molar-refractivity contribution in [3.05, 3.63) is 35.4 Å². The summed E-state index contributed by atoms with van der Waals surface area (Å²) in [6.07, 6.45) is 1.04. The molecule has 0 saturated heterocycles. The topological polar surface area (TPSA) is 35.2 Å². The highest BCUT2D eigenvalue weighted by molar-refractivity contribution is 7.80. The fourth-order valence-electron chi connectivity index (χ4n) is 1.15. The number of ether oxygens (including phenoxy) is 1. The maximum Gasteiger partial charge on any atom is 0.103 e. The zero-order chi connectivity index (χ0) is 10.4. The van der Waals surface area contributed by atoms with Crippen molar-refractivity contribution in [1.82, 2.24) is 0 Å². The number of benzene rings is 1. The van der Waals surface area contributed by atoms with Crippen LogP contribution in [0.2, 0.25) is 0 Å². The van der Waals surface area contributed by atoms with Crippen molar-refractivity contribution in [2.45, 2.75) is 20.0 Å². The van der Waals surface area contributed by atoms with E-state index in [9.17, 15) is 0 Å². The fourth-order valence-corrected chi connectivity index (χ4v) is 1.28. The minimum Gasteiger partial charge on any atom is -0.389 e. The lowest BCUT2D eigenvalue weighted by atomic mass is 10.1. The summed E-state index contributed by atoms with van der Waals surface area (Å²) in [5.41, 5.74) is 7.54. The van der Waals surface area contributed by atoms with Crippen LogP contribution >= 0.6 is 12.2 Å². The summed E-state index contributed by atoms with van der Waals surface area (Å²) in [6.45, 7) is 3.51. The van der Waals surface area contributed by atoms with Gasteiger partial charge in [-0.2, -0.15) is 0 Å². The van der Waals surface area contributed by atoms with Gasteiger partial charge in [-0.3, -0.25) is 0 Å². The molecule has 0 aliphatic heterocycles. The third-order valence-corrected chi connectivity index (χ3v) is 2.06. The molecule has 0 aromatic heterocycles. The highest BCUT2D eigenvalue weighted by Crippen LogP contribution is 2.06. The van der Waals surface area contributed by atoms with Crippen molar-refractivity contribution >= 4 is 17.2 Å². The Morgan fingerprint density at radius 3 is 2.93 bits per heavy atom. The van der Waals surface area contributed by atoms with Crippen LogP contribution in [0.1, 0.15) is 24.5 Å². The molecule has 0 bridgehead atoms. The summed E-state index contributed by atoms with van der Waals surface area (Å²) in [4.78, 5) is 0.433. The van der Waals surface area contributed by atoms with Crippen LogP contribution in [0, 0.1) is 0 Å². The molecule has 1 aromatic carbocycles. The molecule has 0 fully saturated rings. The van der Waals surface area contributed by atoms with Crippen molar-refractivity contribution in [1.29, 1.82) is 0 Å². The summed E-state index contributed by atoms with van der Waals surface area (Å²) in [5, 5.41) is 0. The zero-order valence-corrected chi connectivity index (χ0v) is 9.14. The molecule has 0 aliphatic rings. The van der Waals surface area contributed by atoms with E-state index in [1.807, 2.05) is 24.3 Å². The Balaban J connectivity index is 2.59. The SMILES string of the molecule is CCCOCc1cccc(C(N)=S)c1. The second-order valence-corrected chi connectivity index (χ2v) is 3.56. The smallest absolute Gasteiger partial charge is 0.103 e. The molecular weight excluding hydrogens is 194 g/mol. The van der Waals surface area contributed by atoms with Gasteiger partial charge in [-0.25, -0.2) is 0 Å². The highest BCUT2D eigenvalue weighted by atomic mass is 32.1. The van der Waals surface area contributed by atoms with Gasteiger partial charge < -0.3 is 10.5 Å². The predicted molar refractivity (Wildman–Crippen MR) is 62.3 cm³/mol. The maximum absolute atomic E-state index is 5.53. The molecule has 0 saturated carbocycles. The Morgan fingerprint density at radius 1 is 1.50 bits per heavy atom. The number of thiocarbonyl (C=S) groups is 1. The van der Waals surface area contributed by atoms with E-state index >= 15 is 0 Å². The van der Waals surface area contributed by atoms with Crippen LogP contribution < -0.4 is 5.73 Å². The van der Waals surface area contributed by atoms with E-state index < -0.39 is 0 Å². The van der Waals surface area contributed by atoms with Gasteiger partial charge in [-0.1, -0.05) is 37.3 Å². The van der Waals surface area contributed by atoms with Gasteiger partial charge in [0.15, 0.2) is 0 Å². The minimum absolute atomic E-state index is 0.433. The third-order valence-electron chi connectivity index (χ3n) is 1.83. The van der Waals surface area contributed by atoms with Gasteiger partial charge in [0.1, 0.15) is 4.99 Å². The highest BCUT2D eigenvalue weighted by Gasteiger charge is 1.97. The standard InChI is InChI=1S/C11H15NOS/c1-2-6-13-8-9-4-3-5-10(7-9)11(12)14/h3-5,7H,2,6,8H2,1H3,(H2,12,14). The largest absolute Gasteiger partial charge is 0.389 e. The van der Waals surface area contributed by atoms with E-state index in [0.29, 0.717) is 11.6 Å². The monoisotopic (exact) mass is 209 g/mol. The summed E-state index contributed by atoms with van der Waals surface area (Å²) < 4.78 is 5.42.